The van der Waals surface area contributed by atoms with Crippen molar-refractivity contribution in [1.82, 2.24) is 0 Å². The molecule has 2 saturated heterocycles. The monoisotopic (exact) mass is 502 g/mol. The van der Waals surface area contributed by atoms with Crippen molar-refractivity contribution >= 4 is 30.5 Å². The lowest BCUT2D eigenvalue weighted by molar-refractivity contribution is -0.166. The first-order valence-corrected chi connectivity index (χ1v) is 15.1. The van der Waals surface area contributed by atoms with Crippen molar-refractivity contribution in [3.8, 4) is 0 Å². The van der Waals surface area contributed by atoms with Crippen LogP contribution in [0.2, 0.25) is 5.04 Å². The van der Waals surface area contributed by atoms with Crippen molar-refractivity contribution in [2.24, 2.45) is 0 Å². The molecule has 2 aliphatic heterocycles. The Labute approximate surface area is 209 Å². The Kier molecular flexibility index (Phi) is 7.65. The van der Waals surface area contributed by atoms with Crippen LogP contribution in [0.4, 0.5) is 0 Å². The van der Waals surface area contributed by atoms with E-state index < -0.39 is 32.4 Å². The van der Waals surface area contributed by atoms with E-state index in [1.807, 2.05) is 26.0 Å². The molecular formula is C27H38O5SSi. The summed E-state index contributed by atoms with van der Waals surface area (Å²) in [4.78, 5) is 0. The lowest BCUT2D eigenvalue weighted by atomic mass is 10.0. The Morgan fingerprint density at radius 1 is 0.941 bits per heavy atom. The lowest BCUT2D eigenvalue weighted by Crippen LogP contribution is -2.68. The van der Waals surface area contributed by atoms with Gasteiger partial charge in [0.15, 0.2) is 5.79 Å². The highest BCUT2D eigenvalue weighted by Gasteiger charge is 2.56. The zero-order chi connectivity index (χ0) is 24.6. The van der Waals surface area contributed by atoms with Crippen LogP contribution >= 0.6 is 11.8 Å². The molecule has 7 heteroatoms. The fourth-order valence-corrected chi connectivity index (χ4v) is 10.7. The van der Waals surface area contributed by atoms with Gasteiger partial charge in [0.25, 0.3) is 8.32 Å². The zero-order valence-corrected chi connectivity index (χ0v) is 22.9. The zero-order valence-electron chi connectivity index (χ0n) is 21.1. The van der Waals surface area contributed by atoms with Crippen molar-refractivity contribution < 1.29 is 23.7 Å². The van der Waals surface area contributed by atoms with E-state index in [0.717, 1.165) is 5.75 Å². The molecule has 34 heavy (non-hydrogen) atoms. The SMILES string of the molecule is CCS[C@@H]1O[C@H](CO[Si](c2ccccc2)(c2ccccc2)C(C)(C)C)[C@H]2OC(C)(C)O[C@@H]2[C@H]1O. The lowest BCUT2D eigenvalue weighted by Gasteiger charge is -2.45. The number of rotatable bonds is 7. The summed E-state index contributed by atoms with van der Waals surface area (Å²) in [6.45, 7) is 13.0. The number of benzene rings is 2. The smallest absolute Gasteiger partial charge is 0.261 e. The van der Waals surface area contributed by atoms with E-state index in [0.29, 0.717) is 6.61 Å². The summed E-state index contributed by atoms with van der Waals surface area (Å²) in [7, 11) is -2.72. The van der Waals surface area contributed by atoms with Crippen LogP contribution in [0.5, 0.6) is 0 Å². The summed E-state index contributed by atoms with van der Waals surface area (Å²) in [6.07, 6.45) is -1.93. The van der Waals surface area contributed by atoms with Gasteiger partial charge in [-0.15, -0.1) is 11.8 Å². The van der Waals surface area contributed by atoms with Gasteiger partial charge in [-0.25, -0.2) is 0 Å². The maximum Gasteiger partial charge on any atom is 0.261 e. The van der Waals surface area contributed by atoms with Gasteiger partial charge in [0.1, 0.15) is 29.9 Å². The van der Waals surface area contributed by atoms with E-state index in [1.165, 1.54) is 10.4 Å². The molecule has 186 valence electrons. The average Bonchev–Trinajstić information content (AvgIpc) is 3.13. The van der Waals surface area contributed by atoms with Gasteiger partial charge >= 0.3 is 0 Å². The Morgan fingerprint density at radius 3 is 1.97 bits per heavy atom. The number of aliphatic hydroxyl groups excluding tert-OH is 1. The van der Waals surface area contributed by atoms with Crippen molar-refractivity contribution in [2.75, 3.05) is 12.4 Å². The van der Waals surface area contributed by atoms with Crippen molar-refractivity contribution in [1.29, 1.82) is 0 Å². The van der Waals surface area contributed by atoms with Crippen LogP contribution in [0.15, 0.2) is 60.7 Å². The molecule has 2 fully saturated rings. The van der Waals surface area contributed by atoms with Gasteiger partial charge in [0.05, 0.1) is 6.61 Å². The van der Waals surface area contributed by atoms with E-state index in [4.69, 9.17) is 18.6 Å². The molecule has 2 aliphatic rings. The van der Waals surface area contributed by atoms with E-state index in [-0.39, 0.29) is 16.6 Å². The highest BCUT2D eigenvalue weighted by atomic mass is 32.2. The van der Waals surface area contributed by atoms with Crippen LogP contribution in [0.3, 0.4) is 0 Å². The number of thioether (sulfide) groups is 1. The maximum absolute atomic E-state index is 11.0. The molecular weight excluding hydrogens is 464 g/mol. The van der Waals surface area contributed by atoms with Crippen LogP contribution in [0.25, 0.3) is 0 Å². The second kappa shape index (κ2) is 10.0. The summed E-state index contributed by atoms with van der Waals surface area (Å²) in [6, 6.07) is 21.2. The molecule has 0 spiro atoms. The van der Waals surface area contributed by atoms with Crippen LogP contribution in [0.1, 0.15) is 41.5 Å². The second-order valence-electron chi connectivity index (χ2n) is 10.5. The topological polar surface area (TPSA) is 57.2 Å². The molecule has 5 nitrogen and oxygen atoms in total. The summed E-state index contributed by atoms with van der Waals surface area (Å²) >= 11 is 1.59. The summed E-state index contributed by atoms with van der Waals surface area (Å²) in [5.74, 6) is 0.0623. The van der Waals surface area contributed by atoms with Crippen LogP contribution < -0.4 is 10.4 Å². The van der Waals surface area contributed by atoms with Gasteiger partial charge in [-0.2, -0.15) is 0 Å². The van der Waals surface area contributed by atoms with Crippen LogP contribution in [-0.4, -0.2) is 61.4 Å². The molecule has 5 atom stereocenters. The Hall–Kier alpha value is -1.19. The molecule has 0 bridgehead atoms. The molecule has 0 amide bonds. The van der Waals surface area contributed by atoms with Gasteiger partial charge in [-0.3, -0.25) is 0 Å². The van der Waals surface area contributed by atoms with Gasteiger partial charge in [-0.1, -0.05) is 88.4 Å². The van der Waals surface area contributed by atoms with Gasteiger partial charge in [0.2, 0.25) is 0 Å². The molecule has 0 aromatic heterocycles. The normalized spacial score (nSPS) is 29.1. The molecule has 2 aromatic carbocycles. The number of hydrogen-bond acceptors (Lipinski definition) is 6. The van der Waals surface area contributed by atoms with Crippen LogP contribution in [-0.2, 0) is 18.6 Å². The first-order valence-electron chi connectivity index (χ1n) is 12.1. The third kappa shape index (κ3) is 4.89. The minimum Gasteiger partial charge on any atom is -0.405 e. The van der Waals surface area contributed by atoms with Gasteiger partial charge in [0, 0.05) is 0 Å². The standard InChI is InChI=1S/C27H38O5SSi/c1-7-33-25-22(28)24-23(31-27(5,6)32-24)21(30-25)18-29-34(26(2,3)4,19-14-10-8-11-15-19)20-16-12-9-13-17-20/h8-17,21-25,28H,7,18H2,1-6H3/t21-,22-,23-,24-,25+/m1/s1. The highest BCUT2D eigenvalue weighted by Crippen LogP contribution is 2.42. The van der Waals surface area contributed by atoms with Crippen molar-refractivity contribution in [3.63, 3.8) is 0 Å². The number of aliphatic hydroxyl groups is 1. The first kappa shape index (κ1) is 25.9. The fraction of sp³-hybridized carbons (Fsp3) is 0.556. The minimum atomic E-state index is -2.72. The molecule has 1 N–H and O–H groups in total. The van der Waals surface area contributed by atoms with Crippen molar-refractivity contribution in [2.45, 2.75) is 82.2 Å². The van der Waals surface area contributed by atoms with Crippen LogP contribution in [0, 0.1) is 0 Å². The van der Waals surface area contributed by atoms with E-state index in [9.17, 15) is 5.11 Å². The molecule has 0 saturated carbocycles. The highest BCUT2D eigenvalue weighted by molar-refractivity contribution is 7.99. The largest absolute Gasteiger partial charge is 0.405 e. The predicted octanol–water partition coefficient (Wildman–Crippen LogP) is 3.92. The first-order chi connectivity index (χ1) is 16.1. The summed E-state index contributed by atoms with van der Waals surface area (Å²) in [5.41, 5.74) is -0.378. The maximum atomic E-state index is 11.0. The van der Waals surface area contributed by atoms with E-state index in [2.05, 4.69) is 76.2 Å². The third-order valence-corrected chi connectivity index (χ3v) is 12.7. The Morgan fingerprint density at radius 2 is 1.47 bits per heavy atom. The summed E-state index contributed by atoms with van der Waals surface area (Å²) < 4.78 is 25.9. The molecule has 2 heterocycles. The number of fused-ring (bicyclic) bond motifs is 1. The third-order valence-electron chi connectivity index (χ3n) is 6.67. The second-order valence-corrected chi connectivity index (χ2v) is 16.2. The predicted molar refractivity (Wildman–Crippen MR) is 140 cm³/mol. The molecule has 2 aromatic rings. The van der Waals surface area contributed by atoms with Crippen molar-refractivity contribution in [3.05, 3.63) is 60.7 Å². The molecule has 0 unspecified atom stereocenters. The van der Waals surface area contributed by atoms with E-state index in [1.54, 1.807) is 11.8 Å². The average molecular weight is 503 g/mol. The number of hydrogen-bond donors (Lipinski definition) is 1. The number of ether oxygens (including phenoxy) is 3. The minimum absolute atomic E-state index is 0.132. The van der Waals surface area contributed by atoms with Gasteiger partial charge in [-0.05, 0) is 35.0 Å². The summed E-state index contributed by atoms with van der Waals surface area (Å²) in [5, 5.41) is 13.3. The van der Waals surface area contributed by atoms with E-state index >= 15 is 0 Å². The fourth-order valence-electron chi connectivity index (χ4n) is 5.26. The molecule has 0 radical (unpaired) electrons. The quantitative estimate of drug-likeness (QED) is 0.579. The Bertz CT molecular complexity index is 894. The molecule has 4 rings (SSSR count). The Balaban J connectivity index is 1.71. The van der Waals surface area contributed by atoms with Gasteiger partial charge < -0.3 is 23.7 Å². The molecule has 0 aliphatic carbocycles.